The van der Waals surface area contributed by atoms with E-state index in [-0.39, 0.29) is 11.4 Å². The summed E-state index contributed by atoms with van der Waals surface area (Å²) in [5, 5.41) is 23.3. The highest BCUT2D eigenvalue weighted by atomic mass is 16.6. The summed E-state index contributed by atoms with van der Waals surface area (Å²) in [6.07, 6.45) is 0. The molecule has 0 saturated carbocycles. The van der Waals surface area contributed by atoms with Gasteiger partial charge in [0.25, 0.3) is 5.69 Å². The van der Waals surface area contributed by atoms with Gasteiger partial charge in [0.1, 0.15) is 11.4 Å². The Balaban J connectivity index is 2.17. The smallest absolute Gasteiger partial charge is 0.292 e. The van der Waals surface area contributed by atoms with Crippen LogP contribution in [0.25, 0.3) is 0 Å². The Hall–Kier alpha value is -2.56. The van der Waals surface area contributed by atoms with Crippen LogP contribution in [-0.4, -0.2) is 10.0 Å². The molecule has 0 aliphatic carbocycles. The van der Waals surface area contributed by atoms with Crippen LogP contribution in [0.4, 0.5) is 11.4 Å². The number of hydrogen-bond acceptors (Lipinski definition) is 4. The molecule has 2 aromatic carbocycles. The summed E-state index contributed by atoms with van der Waals surface area (Å²) in [5.41, 5.74) is 2.23. The molecule has 0 amide bonds. The van der Waals surface area contributed by atoms with Crippen molar-refractivity contribution in [2.24, 2.45) is 0 Å². The number of hydrogen-bond donors (Lipinski definition) is 2. The minimum absolute atomic E-state index is 0.0557. The number of aromatic hydroxyl groups is 1. The maximum absolute atomic E-state index is 11.0. The third-order valence-electron chi connectivity index (χ3n) is 2.74. The first-order valence-corrected chi connectivity index (χ1v) is 5.83. The summed E-state index contributed by atoms with van der Waals surface area (Å²) in [6, 6.07) is 11.8. The molecule has 5 nitrogen and oxygen atoms in total. The molecule has 0 heterocycles. The molecule has 0 spiro atoms. The van der Waals surface area contributed by atoms with E-state index in [0.29, 0.717) is 12.2 Å². The zero-order chi connectivity index (χ0) is 13.8. The standard InChI is InChI=1S/C14H14N2O3/c1-10-5-6-13(14(7-10)16(18)19)15-9-11-3-2-4-12(17)8-11/h2-8,15,17H,9H2,1H3. The first-order chi connectivity index (χ1) is 9.06. The first kappa shape index (κ1) is 12.9. The van der Waals surface area contributed by atoms with Crippen LogP contribution in [0.1, 0.15) is 11.1 Å². The Morgan fingerprint density at radius 3 is 2.74 bits per heavy atom. The Morgan fingerprint density at radius 2 is 2.05 bits per heavy atom. The Kier molecular flexibility index (Phi) is 3.66. The summed E-state index contributed by atoms with van der Waals surface area (Å²) in [4.78, 5) is 10.6. The zero-order valence-electron chi connectivity index (χ0n) is 10.5. The van der Waals surface area contributed by atoms with Gasteiger partial charge in [-0.1, -0.05) is 18.2 Å². The lowest BCUT2D eigenvalue weighted by Gasteiger charge is -2.08. The molecule has 2 N–H and O–H groups in total. The van der Waals surface area contributed by atoms with Crippen molar-refractivity contribution in [1.82, 2.24) is 0 Å². The number of phenolic OH excluding ortho intramolecular Hbond substituents is 1. The number of nitro benzene ring substituents is 1. The first-order valence-electron chi connectivity index (χ1n) is 5.83. The summed E-state index contributed by atoms with van der Waals surface area (Å²) in [5.74, 6) is 0.178. The van der Waals surface area contributed by atoms with Crippen LogP contribution in [0.3, 0.4) is 0 Å². The molecule has 0 radical (unpaired) electrons. The van der Waals surface area contributed by atoms with E-state index in [1.807, 2.05) is 19.1 Å². The third-order valence-corrected chi connectivity index (χ3v) is 2.74. The van der Waals surface area contributed by atoms with Crippen molar-refractivity contribution < 1.29 is 10.0 Å². The second-order valence-electron chi connectivity index (χ2n) is 4.30. The number of rotatable bonds is 4. The monoisotopic (exact) mass is 258 g/mol. The SMILES string of the molecule is Cc1ccc(NCc2cccc(O)c2)c([N+](=O)[O-])c1. The van der Waals surface area contributed by atoms with Crippen LogP contribution in [-0.2, 0) is 6.54 Å². The Morgan fingerprint density at radius 1 is 1.26 bits per heavy atom. The molecule has 0 aliphatic heterocycles. The van der Waals surface area contributed by atoms with Crippen LogP contribution in [0, 0.1) is 17.0 Å². The topological polar surface area (TPSA) is 75.4 Å². The Labute approximate surface area is 110 Å². The number of phenols is 1. The lowest BCUT2D eigenvalue weighted by Crippen LogP contribution is -2.02. The predicted octanol–water partition coefficient (Wildman–Crippen LogP) is 3.22. The van der Waals surface area contributed by atoms with Gasteiger partial charge in [-0.05, 0) is 36.2 Å². The lowest BCUT2D eigenvalue weighted by molar-refractivity contribution is -0.384. The molecule has 19 heavy (non-hydrogen) atoms. The van der Waals surface area contributed by atoms with Crippen molar-refractivity contribution >= 4 is 11.4 Å². The van der Waals surface area contributed by atoms with Crippen molar-refractivity contribution in [3.63, 3.8) is 0 Å². The van der Waals surface area contributed by atoms with Crippen molar-refractivity contribution in [1.29, 1.82) is 0 Å². The number of nitrogens with one attached hydrogen (secondary N) is 1. The van der Waals surface area contributed by atoms with Gasteiger partial charge in [0, 0.05) is 12.6 Å². The van der Waals surface area contributed by atoms with E-state index in [2.05, 4.69) is 5.32 Å². The molecule has 2 rings (SSSR count). The number of aryl methyl sites for hydroxylation is 1. The molecule has 0 unspecified atom stereocenters. The second-order valence-corrected chi connectivity index (χ2v) is 4.30. The van der Waals surface area contributed by atoms with Gasteiger partial charge in [-0.25, -0.2) is 0 Å². The van der Waals surface area contributed by atoms with Gasteiger partial charge in [0.15, 0.2) is 0 Å². The van der Waals surface area contributed by atoms with Crippen LogP contribution in [0.5, 0.6) is 5.75 Å². The number of anilines is 1. The minimum atomic E-state index is -0.405. The van der Waals surface area contributed by atoms with Crippen molar-refractivity contribution in [2.75, 3.05) is 5.32 Å². The van der Waals surface area contributed by atoms with E-state index in [1.165, 1.54) is 6.07 Å². The van der Waals surface area contributed by atoms with Crippen molar-refractivity contribution in [3.8, 4) is 5.75 Å². The highest BCUT2D eigenvalue weighted by Crippen LogP contribution is 2.26. The average Bonchev–Trinajstić information content (AvgIpc) is 2.37. The van der Waals surface area contributed by atoms with Crippen LogP contribution < -0.4 is 5.32 Å². The van der Waals surface area contributed by atoms with Crippen LogP contribution >= 0.6 is 0 Å². The molecule has 98 valence electrons. The van der Waals surface area contributed by atoms with Gasteiger partial charge < -0.3 is 10.4 Å². The van der Waals surface area contributed by atoms with Crippen LogP contribution in [0.2, 0.25) is 0 Å². The molecule has 0 aromatic heterocycles. The summed E-state index contributed by atoms with van der Waals surface area (Å²) in [7, 11) is 0. The number of benzene rings is 2. The molecule has 0 aliphatic rings. The molecule has 2 aromatic rings. The fourth-order valence-corrected chi connectivity index (χ4v) is 1.81. The molecule has 0 fully saturated rings. The zero-order valence-corrected chi connectivity index (χ0v) is 10.5. The molecule has 0 saturated heterocycles. The second kappa shape index (κ2) is 5.39. The van der Waals surface area contributed by atoms with Gasteiger partial charge in [0.05, 0.1) is 4.92 Å². The van der Waals surface area contributed by atoms with Gasteiger partial charge >= 0.3 is 0 Å². The fraction of sp³-hybridized carbons (Fsp3) is 0.143. The highest BCUT2D eigenvalue weighted by molar-refractivity contribution is 5.62. The van der Waals surface area contributed by atoms with E-state index in [4.69, 9.17) is 0 Å². The normalized spacial score (nSPS) is 10.2. The molecule has 0 atom stereocenters. The quantitative estimate of drug-likeness (QED) is 0.652. The Bertz CT molecular complexity index is 611. The van der Waals surface area contributed by atoms with Crippen molar-refractivity contribution in [2.45, 2.75) is 13.5 Å². The maximum Gasteiger partial charge on any atom is 0.292 e. The van der Waals surface area contributed by atoms with E-state index >= 15 is 0 Å². The molecular formula is C14H14N2O3. The molecule has 5 heteroatoms. The fourth-order valence-electron chi connectivity index (χ4n) is 1.81. The van der Waals surface area contributed by atoms with Crippen LogP contribution in [0.15, 0.2) is 42.5 Å². The van der Waals surface area contributed by atoms with Crippen molar-refractivity contribution in [3.05, 3.63) is 63.7 Å². The average molecular weight is 258 g/mol. The van der Waals surface area contributed by atoms with Gasteiger partial charge in [-0.15, -0.1) is 0 Å². The largest absolute Gasteiger partial charge is 0.508 e. The lowest BCUT2D eigenvalue weighted by atomic mass is 10.1. The summed E-state index contributed by atoms with van der Waals surface area (Å²) < 4.78 is 0. The number of nitro groups is 1. The maximum atomic E-state index is 11.0. The van der Waals surface area contributed by atoms with E-state index < -0.39 is 4.92 Å². The highest BCUT2D eigenvalue weighted by Gasteiger charge is 2.13. The molecular weight excluding hydrogens is 244 g/mol. The third kappa shape index (κ3) is 3.22. The molecule has 0 bridgehead atoms. The minimum Gasteiger partial charge on any atom is -0.508 e. The van der Waals surface area contributed by atoms with Gasteiger partial charge in [-0.2, -0.15) is 0 Å². The predicted molar refractivity (Wildman–Crippen MR) is 73.3 cm³/mol. The summed E-state index contributed by atoms with van der Waals surface area (Å²) >= 11 is 0. The van der Waals surface area contributed by atoms with E-state index in [0.717, 1.165) is 11.1 Å². The van der Waals surface area contributed by atoms with Gasteiger partial charge in [-0.3, -0.25) is 10.1 Å². The van der Waals surface area contributed by atoms with Gasteiger partial charge in [0.2, 0.25) is 0 Å². The summed E-state index contributed by atoms with van der Waals surface area (Å²) in [6.45, 7) is 2.23. The number of nitrogens with zero attached hydrogens (tertiary/aromatic N) is 1. The van der Waals surface area contributed by atoms with E-state index in [1.54, 1.807) is 24.3 Å². The van der Waals surface area contributed by atoms with E-state index in [9.17, 15) is 15.2 Å².